The van der Waals surface area contributed by atoms with Crippen LogP contribution < -0.4 is 10.2 Å². The van der Waals surface area contributed by atoms with Gasteiger partial charge in [0.15, 0.2) is 0 Å². The SMILES string of the molecule is CCNCc1coc(N(CC)C2CC2)n1. The van der Waals surface area contributed by atoms with Crippen LogP contribution in [-0.4, -0.2) is 24.1 Å². The number of hydrogen-bond acceptors (Lipinski definition) is 4. The van der Waals surface area contributed by atoms with Crippen LogP contribution in [0.15, 0.2) is 10.7 Å². The number of oxazole rings is 1. The molecule has 0 aromatic carbocycles. The van der Waals surface area contributed by atoms with Crippen LogP contribution in [0.1, 0.15) is 32.4 Å². The van der Waals surface area contributed by atoms with E-state index >= 15 is 0 Å². The van der Waals surface area contributed by atoms with Crippen LogP contribution in [0.2, 0.25) is 0 Å². The molecule has 1 aromatic rings. The van der Waals surface area contributed by atoms with Crippen molar-refractivity contribution >= 4 is 6.01 Å². The molecule has 15 heavy (non-hydrogen) atoms. The number of rotatable bonds is 6. The number of hydrogen-bond donors (Lipinski definition) is 1. The summed E-state index contributed by atoms with van der Waals surface area (Å²) in [4.78, 5) is 6.72. The fourth-order valence-electron chi connectivity index (χ4n) is 1.70. The smallest absolute Gasteiger partial charge is 0.297 e. The summed E-state index contributed by atoms with van der Waals surface area (Å²) in [7, 11) is 0. The van der Waals surface area contributed by atoms with E-state index < -0.39 is 0 Å². The first-order valence-corrected chi connectivity index (χ1v) is 5.77. The minimum absolute atomic E-state index is 0.667. The molecular formula is C11H19N3O. The maximum atomic E-state index is 5.49. The lowest BCUT2D eigenvalue weighted by atomic mass is 10.5. The quantitative estimate of drug-likeness (QED) is 0.775. The summed E-state index contributed by atoms with van der Waals surface area (Å²) in [6.45, 7) is 6.96. The standard InChI is InChI=1S/C11H19N3O/c1-3-12-7-9-8-15-11(13-9)14(4-2)10-5-6-10/h8,10,12H,3-7H2,1-2H3. The lowest BCUT2D eigenvalue weighted by Gasteiger charge is -2.16. The molecule has 0 radical (unpaired) electrons. The summed E-state index contributed by atoms with van der Waals surface area (Å²) in [6.07, 6.45) is 4.31. The van der Waals surface area contributed by atoms with Gasteiger partial charge in [-0.15, -0.1) is 0 Å². The summed E-state index contributed by atoms with van der Waals surface area (Å²) >= 11 is 0. The third kappa shape index (κ3) is 2.50. The third-order valence-electron chi connectivity index (χ3n) is 2.67. The van der Waals surface area contributed by atoms with Crippen molar-refractivity contribution in [1.82, 2.24) is 10.3 Å². The van der Waals surface area contributed by atoms with Crippen LogP contribution in [0.25, 0.3) is 0 Å². The zero-order chi connectivity index (χ0) is 10.7. The normalized spacial score (nSPS) is 15.6. The Balaban J connectivity index is 1.98. The van der Waals surface area contributed by atoms with Crippen molar-refractivity contribution in [2.45, 2.75) is 39.3 Å². The Morgan fingerprint density at radius 2 is 2.33 bits per heavy atom. The first kappa shape index (κ1) is 10.5. The molecule has 1 heterocycles. The van der Waals surface area contributed by atoms with E-state index in [4.69, 9.17) is 4.42 Å². The fraction of sp³-hybridized carbons (Fsp3) is 0.727. The Hall–Kier alpha value is -1.03. The first-order chi connectivity index (χ1) is 7.35. The maximum absolute atomic E-state index is 5.49. The number of aromatic nitrogens is 1. The molecule has 0 amide bonds. The molecule has 84 valence electrons. The lowest BCUT2D eigenvalue weighted by molar-refractivity contribution is 0.533. The van der Waals surface area contributed by atoms with Crippen molar-refractivity contribution in [3.63, 3.8) is 0 Å². The second-order valence-electron chi connectivity index (χ2n) is 3.92. The lowest BCUT2D eigenvalue weighted by Crippen LogP contribution is -2.25. The minimum Gasteiger partial charge on any atom is -0.432 e. The highest BCUT2D eigenvalue weighted by Gasteiger charge is 2.30. The second-order valence-corrected chi connectivity index (χ2v) is 3.92. The van der Waals surface area contributed by atoms with E-state index in [1.165, 1.54) is 12.8 Å². The number of nitrogens with zero attached hydrogens (tertiary/aromatic N) is 2. The highest BCUT2D eigenvalue weighted by molar-refractivity contribution is 5.31. The number of nitrogens with one attached hydrogen (secondary N) is 1. The molecule has 1 aromatic heterocycles. The summed E-state index contributed by atoms with van der Waals surface area (Å²) in [5.74, 6) is 0. The van der Waals surface area contributed by atoms with Crippen molar-refractivity contribution in [3.05, 3.63) is 12.0 Å². The maximum Gasteiger partial charge on any atom is 0.297 e. The van der Waals surface area contributed by atoms with E-state index in [9.17, 15) is 0 Å². The van der Waals surface area contributed by atoms with Crippen LogP contribution in [0.3, 0.4) is 0 Å². The molecule has 0 aliphatic heterocycles. The van der Waals surface area contributed by atoms with Crippen LogP contribution in [-0.2, 0) is 6.54 Å². The van der Waals surface area contributed by atoms with Gasteiger partial charge < -0.3 is 14.6 Å². The molecule has 0 unspecified atom stereocenters. The third-order valence-corrected chi connectivity index (χ3v) is 2.67. The molecule has 1 aliphatic carbocycles. The van der Waals surface area contributed by atoms with Gasteiger partial charge in [-0.05, 0) is 26.3 Å². The van der Waals surface area contributed by atoms with Gasteiger partial charge in [-0.25, -0.2) is 0 Å². The van der Waals surface area contributed by atoms with Gasteiger partial charge in [0, 0.05) is 19.1 Å². The van der Waals surface area contributed by atoms with Crippen molar-refractivity contribution in [3.8, 4) is 0 Å². The minimum atomic E-state index is 0.667. The highest BCUT2D eigenvalue weighted by atomic mass is 16.4. The monoisotopic (exact) mass is 209 g/mol. The van der Waals surface area contributed by atoms with E-state index in [1.54, 1.807) is 6.26 Å². The summed E-state index contributed by atoms with van der Waals surface area (Å²) in [6, 6.07) is 1.45. The highest BCUT2D eigenvalue weighted by Crippen LogP contribution is 2.30. The van der Waals surface area contributed by atoms with Gasteiger partial charge in [0.25, 0.3) is 6.01 Å². The van der Waals surface area contributed by atoms with E-state index in [0.29, 0.717) is 6.04 Å². The summed E-state index contributed by atoms with van der Waals surface area (Å²) in [5, 5.41) is 3.24. The van der Waals surface area contributed by atoms with Gasteiger partial charge >= 0.3 is 0 Å². The Kier molecular flexibility index (Phi) is 3.26. The predicted octanol–water partition coefficient (Wildman–Crippen LogP) is 1.77. The average Bonchev–Trinajstić information content (AvgIpc) is 2.96. The molecule has 0 atom stereocenters. The van der Waals surface area contributed by atoms with E-state index in [-0.39, 0.29) is 0 Å². The van der Waals surface area contributed by atoms with Gasteiger partial charge in [-0.3, -0.25) is 0 Å². The molecule has 2 rings (SSSR count). The molecule has 0 saturated heterocycles. The topological polar surface area (TPSA) is 41.3 Å². The molecule has 0 spiro atoms. The second kappa shape index (κ2) is 4.66. The molecule has 1 saturated carbocycles. The van der Waals surface area contributed by atoms with E-state index in [0.717, 1.165) is 31.3 Å². The predicted molar refractivity (Wildman–Crippen MR) is 59.9 cm³/mol. The van der Waals surface area contributed by atoms with E-state index in [2.05, 4.69) is 29.0 Å². The van der Waals surface area contributed by atoms with Gasteiger partial charge in [0.1, 0.15) is 6.26 Å². The van der Waals surface area contributed by atoms with Crippen molar-refractivity contribution in [2.24, 2.45) is 0 Å². The first-order valence-electron chi connectivity index (χ1n) is 5.77. The van der Waals surface area contributed by atoms with Gasteiger partial charge in [-0.2, -0.15) is 4.98 Å². The largest absolute Gasteiger partial charge is 0.432 e. The van der Waals surface area contributed by atoms with Gasteiger partial charge in [-0.1, -0.05) is 6.92 Å². The zero-order valence-electron chi connectivity index (χ0n) is 9.49. The van der Waals surface area contributed by atoms with Crippen LogP contribution in [0, 0.1) is 0 Å². The van der Waals surface area contributed by atoms with Gasteiger partial charge in [0.05, 0.1) is 5.69 Å². The van der Waals surface area contributed by atoms with Crippen LogP contribution in [0.5, 0.6) is 0 Å². The average molecular weight is 209 g/mol. The van der Waals surface area contributed by atoms with E-state index in [1.807, 2.05) is 0 Å². The number of anilines is 1. The molecule has 4 heteroatoms. The molecular weight excluding hydrogens is 190 g/mol. The molecule has 1 N–H and O–H groups in total. The zero-order valence-corrected chi connectivity index (χ0v) is 9.49. The Bertz CT molecular complexity index is 307. The molecule has 4 nitrogen and oxygen atoms in total. The van der Waals surface area contributed by atoms with Crippen molar-refractivity contribution < 1.29 is 4.42 Å². The molecule has 1 fully saturated rings. The Morgan fingerprint density at radius 3 is 2.93 bits per heavy atom. The van der Waals surface area contributed by atoms with Gasteiger partial charge in [0.2, 0.25) is 0 Å². The Labute approximate surface area is 90.7 Å². The van der Waals surface area contributed by atoms with Crippen molar-refractivity contribution in [1.29, 1.82) is 0 Å². The molecule has 1 aliphatic rings. The molecule has 0 bridgehead atoms. The summed E-state index contributed by atoms with van der Waals surface area (Å²) < 4.78 is 5.49. The van der Waals surface area contributed by atoms with Crippen LogP contribution >= 0.6 is 0 Å². The summed E-state index contributed by atoms with van der Waals surface area (Å²) in [5.41, 5.74) is 0.992. The van der Waals surface area contributed by atoms with Crippen LogP contribution in [0.4, 0.5) is 6.01 Å². The Morgan fingerprint density at radius 1 is 1.53 bits per heavy atom. The van der Waals surface area contributed by atoms with Crippen molar-refractivity contribution in [2.75, 3.05) is 18.0 Å². The fourth-order valence-corrected chi connectivity index (χ4v) is 1.70.